The average molecular weight is 332 g/mol. The first-order valence-electron chi connectivity index (χ1n) is 8.48. The van der Waals surface area contributed by atoms with E-state index in [1.807, 2.05) is 73.6 Å². The molecule has 1 aromatic rings. The van der Waals surface area contributed by atoms with Crippen molar-refractivity contribution >= 4 is 18.6 Å². The van der Waals surface area contributed by atoms with E-state index < -0.39 is 5.60 Å². The van der Waals surface area contributed by atoms with E-state index >= 15 is 0 Å². The predicted octanol–water partition coefficient (Wildman–Crippen LogP) is 3.18. The Balaban J connectivity index is 2.13. The van der Waals surface area contributed by atoms with Gasteiger partial charge in [0.05, 0.1) is 17.6 Å². The van der Waals surface area contributed by atoms with Crippen molar-refractivity contribution in [1.29, 1.82) is 0 Å². The van der Waals surface area contributed by atoms with Crippen LogP contribution in [0.2, 0.25) is 0 Å². The quantitative estimate of drug-likeness (QED) is 0.630. The van der Waals surface area contributed by atoms with Gasteiger partial charge in [0, 0.05) is 0 Å². The molecule has 0 spiro atoms. The number of aryl methyl sites for hydroxylation is 1. The van der Waals surface area contributed by atoms with Gasteiger partial charge in [-0.05, 0) is 66.4 Å². The molecule has 132 valence electrons. The maximum absolute atomic E-state index is 12.0. The van der Waals surface area contributed by atoms with Crippen molar-refractivity contribution in [2.75, 3.05) is 0 Å². The third-order valence-electron chi connectivity index (χ3n) is 4.61. The summed E-state index contributed by atoms with van der Waals surface area (Å²) in [5.74, 6) is -0.217. The molecule has 0 aromatic heterocycles. The minimum Gasteiger partial charge on any atom is -0.460 e. The fourth-order valence-corrected chi connectivity index (χ4v) is 2.63. The van der Waals surface area contributed by atoms with Crippen LogP contribution in [-0.2, 0) is 25.3 Å². The lowest BCUT2D eigenvalue weighted by atomic mass is 9.75. The van der Waals surface area contributed by atoms with E-state index in [0.717, 1.165) is 16.6 Å². The molecule has 0 radical (unpaired) electrons. The van der Waals surface area contributed by atoms with Crippen LogP contribution in [-0.4, -0.2) is 29.9 Å². The SMILES string of the molecule is Cc1cc(CC(=O)OC(C)(C)C)ccc1B1OC(C)(C)C(C)(C)O1. The second kappa shape index (κ2) is 6.19. The highest BCUT2D eigenvalue weighted by atomic mass is 16.7. The normalized spacial score (nSPS) is 19.4. The maximum atomic E-state index is 12.0. The van der Waals surface area contributed by atoms with Crippen molar-refractivity contribution in [3.8, 4) is 0 Å². The van der Waals surface area contributed by atoms with E-state index in [1.54, 1.807) is 0 Å². The first-order valence-corrected chi connectivity index (χ1v) is 8.48. The number of ether oxygens (including phenoxy) is 1. The van der Waals surface area contributed by atoms with Gasteiger partial charge < -0.3 is 14.0 Å². The fourth-order valence-electron chi connectivity index (χ4n) is 2.63. The molecule has 24 heavy (non-hydrogen) atoms. The van der Waals surface area contributed by atoms with Crippen LogP contribution in [0, 0.1) is 6.92 Å². The minimum absolute atomic E-state index is 0.217. The van der Waals surface area contributed by atoms with Gasteiger partial charge in [0.25, 0.3) is 0 Å². The molecule has 1 saturated heterocycles. The Morgan fingerprint density at radius 3 is 2.12 bits per heavy atom. The zero-order valence-electron chi connectivity index (χ0n) is 16.1. The van der Waals surface area contributed by atoms with Crippen LogP contribution in [0.4, 0.5) is 0 Å². The third kappa shape index (κ3) is 4.20. The number of hydrogen-bond acceptors (Lipinski definition) is 4. The fraction of sp³-hybridized carbons (Fsp3) is 0.632. The largest absolute Gasteiger partial charge is 0.495 e. The lowest BCUT2D eigenvalue weighted by Gasteiger charge is -2.32. The van der Waals surface area contributed by atoms with Crippen molar-refractivity contribution in [3.05, 3.63) is 29.3 Å². The van der Waals surface area contributed by atoms with Crippen molar-refractivity contribution < 1.29 is 18.8 Å². The molecular formula is C19H29BO4. The smallest absolute Gasteiger partial charge is 0.460 e. The summed E-state index contributed by atoms with van der Waals surface area (Å²) >= 11 is 0. The summed E-state index contributed by atoms with van der Waals surface area (Å²) in [6.45, 7) is 15.8. The molecule has 0 aliphatic carbocycles. The summed E-state index contributed by atoms with van der Waals surface area (Å²) in [5, 5.41) is 0. The van der Waals surface area contributed by atoms with Crippen LogP contribution in [0.3, 0.4) is 0 Å². The molecule has 1 fully saturated rings. The van der Waals surface area contributed by atoms with Gasteiger partial charge in [0.1, 0.15) is 5.60 Å². The molecule has 0 atom stereocenters. The first kappa shape index (κ1) is 19.0. The molecule has 0 N–H and O–H groups in total. The van der Waals surface area contributed by atoms with Gasteiger partial charge in [-0.3, -0.25) is 4.79 Å². The highest BCUT2D eigenvalue weighted by Gasteiger charge is 2.52. The number of esters is 1. The van der Waals surface area contributed by atoms with Gasteiger partial charge in [-0.2, -0.15) is 0 Å². The van der Waals surface area contributed by atoms with Crippen molar-refractivity contribution in [1.82, 2.24) is 0 Å². The third-order valence-corrected chi connectivity index (χ3v) is 4.61. The van der Waals surface area contributed by atoms with Crippen LogP contribution in [0.1, 0.15) is 59.6 Å². The van der Waals surface area contributed by atoms with Gasteiger partial charge in [-0.1, -0.05) is 23.8 Å². The molecule has 0 amide bonds. The monoisotopic (exact) mass is 332 g/mol. The van der Waals surface area contributed by atoms with Gasteiger partial charge in [-0.15, -0.1) is 0 Å². The van der Waals surface area contributed by atoms with Crippen molar-refractivity contribution in [2.45, 2.75) is 78.6 Å². The Bertz CT molecular complexity index is 613. The number of carbonyl (C=O) groups is 1. The van der Waals surface area contributed by atoms with E-state index in [1.165, 1.54) is 0 Å². The lowest BCUT2D eigenvalue weighted by Crippen LogP contribution is -2.41. The maximum Gasteiger partial charge on any atom is 0.495 e. The Kier molecular flexibility index (Phi) is 4.91. The molecule has 1 heterocycles. The highest BCUT2D eigenvalue weighted by Crippen LogP contribution is 2.36. The van der Waals surface area contributed by atoms with Gasteiger partial charge >= 0.3 is 13.1 Å². The molecule has 5 heteroatoms. The summed E-state index contributed by atoms with van der Waals surface area (Å²) in [7, 11) is -0.384. The summed E-state index contributed by atoms with van der Waals surface area (Å²) in [6, 6.07) is 5.93. The van der Waals surface area contributed by atoms with E-state index in [2.05, 4.69) is 0 Å². The second-order valence-electron chi connectivity index (χ2n) is 8.54. The summed E-state index contributed by atoms with van der Waals surface area (Å²) in [4.78, 5) is 12.0. The Morgan fingerprint density at radius 2 is 1.67 bits per heavy atom. The minimum atomic E-state index is -0.464. The number of hydrogen-bond donors (Lipinski definition) is 0. The van der Waals surface area contributed by atoms with E-state index in [9.17, 15) is 4.79 Å². The Hall–Kier alpha value is -1.33. The molecule has 0 unspecified atom stereocenters. The zero-order valence-corrected chi connectivity index (χ0v) is 16.1. The summed E-state index contributed by atoms with van der Waals surface area (Å²) in [6.07, 6.45) is 0.266. The van der Waals surface area contributed by atoms with Crippen LogP contribution >= 0.6 is 0 Å². The number of carbonyl (C=O) groups excluding carboxylic acids is 1. The van der Waals surface area contributed by atoms with Crippen LogP contribution in [0.15, 0.2) is 18.2 Å². The van der Waals surface area contributed by atoms with E-state index in [4.69, 9.17) is 14.0 Å². The van der Waals surface area contributed by atoms with Crippen LogP contribution in [0.25, 0.3) is 0 Å². The molecule has 1 aliphatic rings. The number of benzene rings is 1. The molecule has 2 rings (SSSR count). The molecule has 0 bridgehead atoms. The van der Waals surface area contributed by atoms with E-state index in [-0.39, 0.29) is 30.7 Å². The molecule has 1 aliphatic heterocycles. The van der Waals surface area contributed by atoms with Crippen molar-refractivity contribution in [2.24, 2.45) is 0 Å². The first-order chi connectivity index (χ1) is 10.8. The summed E-state index contributed by atoms with van der Waals surface area (Å²) < 4.78 is 17.6. The van der Waals surface area contributed by atoms with Gasteiger partial charge in [0.2, 0.25) is 0 Å². The molecule has 1 aromatic carbocycles. The van der Waals surface area contributed by atoms with Gasteiger partial charge in [0.15, 0.2) is 0 Å². The standard InChI is InChI=1S/C19H29BO4/c1-13-11-14(12-16(21)22-17(2,3)4)9-10-15(13)20-23-18(5,6)19(7,8)24-20/h9-11H,12H2,1-8H3. The Labute approximate surface area is 146 Å². The zero-order chi connectivity index (χ0) is 18.3. The van der Waals surface area contributed by atoms with Crippen molar-refractivity contribution in [3.63, 3.8) is 0 Å². The second-order valence-corrected chi connectivity index (χ2v) is 8.54. The van der Waals surface area contributed by atoms with Gasteiger partial charge in [-0.25, -0.2) is 0 Å². The molecule has 4 nitrogen and oxygen atoms in total. The topological polar surface area (TPSA) is 44.8 Å². The summed E-state index contributed by atoms with van der Waals surface area (Å²) in [5.41, 5.74) is 1.80. The molecular weight excluding hydrogens is 303 g/mol. The van der Waals surface area contributed by atoms with Crippen LogP contribution < -0.4 is 5.46 Å². The van der Waals surface area contributed by atoms with E-state index in [0.29, 0.717) is 0 Å². The number of rotatable bonds is 3. The predicted molar refractivity (Wildman–Crippen MR) is 96.4 cm³/mol. The average Bonchev–Trinajstić information content (AvgIpc) is 2.55. The highest BCUT2D eigenvalue weighted by molar-refractivity contribution is 6.62. The molecule has 0 saturated carbocycles. The lowest BCUT2D eigenvalue weighted by molar-refractivity contribution is -0.153. The van der Waals surface area contributed by atoms with Crippen LogP contribution in [0.5, 0.6) is 0 Å². The Morgan fingerprint density at radius 1 is 1.12 bits per heavy atom.